The Morgan fingerprint density at radius 2 is 1.90 bits per heavy atom. The Labute approximate surface area is 125 Å². The Bertz CT molecular complexity index is 532. The monoisotopic (exact) mass is 293 g/mol. The van der Waals surface area contributed by atoms with E-state index < -0.39 is 23.3 Å². The number of aliphatic carboxylic acids is 1. The fraction of sp³-hybridized carbons (Fsp3) is 0.500. The number of aryl methyl sites for hydroxylation is 2. The molecular weight excluding hydrogens is 270 g/mol. The van der Waals surface area contributed by atoms with Crippen LogP contribution in [0.3, 0.4) is 0 Å². The van der Waals surface area contributed by atoms with Crippen LogP contribution in [0.4, 0.5) is 0 Å². The lowest BCUT2D eigenvalue weighted by molar-refractivity contribution is -0.145. The summed E-state index contributed by atoms with van der Waals surface area (Å²) >= 11 is 0. The van der Waals surface area contributed by atoms with Crippen molar-refractivity contribution in [2.45, 2.75) is 40.7 Å². The molecule has 0 spiro atoms. The highest BCUT2D eigenvalue weighted by atomic mass is 16.5. The van der Waals surface area contributed by atoms with E-state index in [1.807, 2.05) is 26.0 Å². The molecular formula is C16H23NO4. The van der Waals surface area contributed by atoms with Gasteiger partial charge in [-0.2, -0.15) is 0 Å². The minimum atomic E-state index is -1.05. The van der Waals surface area contributed by atoms with E-state index >= 15 is 0 Å². The molecule has 0 radical (unpaired) electrons. The van der Waals surface area contributed by atoms with Crippen LogP contribution in [0, 0.1) is 19.3 Å². The van der Waals surface area contributed by atoms with E-state index in [1.54, 1.807) is 26.8 Å². The second-order valence-corrected chi connectivity index (χ2v) is 6.26. The van der Waals surface area contributed by atoms with Crippen LogP contribution in [0.25, 0.3) is 0 Å². The van der Waals surface area contributed by atoms with E-state index in [-0.39, 0.29) is 6.61 Å². The van der Waals surface area contributed by atoms with E-state index in [4.69, 9.17) is 9.84 Å². The molecule has 116 valence electrons. The number of hydrogen-bond donors (Lipinski definition) is 2. The Morgan fingerprint density at radius 3 is 2.38 bits per heavy atom. The number of hydrogen-bond acceptors (Lipinski definition) is 3. The predicted octanol–water partition coefficient (Wildman–Crippen LogP) is 2.30. The number of carboxylic acid groups (broad SMARTS) is 1. The van der Waals surface area contributed by atoms with Crippen LogP contribution in [0.1, 0.15) is 31.9 Å². The number of carboxylic acids is 1. The van der Waals surface area contributed by atoms with Crippen molar-refractivity contribution in [3.63, 3.8) is 0 Å². The van der Waals surface area contributed by atoms with Crippen LogP contribution in [0.2, 0.25) is 0 Å². The maximum absolute atomic E-state index is 11.9. The second kappa shape index (κ2) is 6.61. The Kier molecular flexibility index (Phi) is 5.35. The van der Waals surface area contributed by atoms with Crippen LogP contribution in [-0.2, 0) is 9.59 Å². The zero-order chi connectivity index (χ0) is 16.2. The Hall–Kier alpha value is -2.04. The van der Waals surface area contributed by atoms with Gasteiger partial charge in [-0.3, -0.25) is 4.79 Å². The van der Waals surface area contributed by atoms with Gasteiger partial charge in [0.25, 0.3) is 5.91 Å². The second-order valence-electron chi connectivity index (χ2n) is 6.26. The highest BCUT2D eigenvalue weighted by Gasteiger charge is 2.32. The number of amides is 1. The minimum absolute atomic E-state index is 0.205. The molecule has 5 nitrogen and oxygen atoms in total. The normalized spacial score (nSPS) is 12.6. The summed E-state index contributed by atoms with van der Waals surface area (Å²) < 4.78 is 5.44. The van der Waals surface area contributed by atoms with Crippen LogP contribution in [0.15, 0.2) is 18.2 Å². The average molecular weight is 293 g/mol. The first-order valence-corrected chi connectivity index (χ1v) is 6.83. The lowest BCUT2D eigenvalue weighted by Crippen LogP contribution is -2.50. The average Bonchev–Trinajstić information content (AvgIpc) is 2.33. The van der Waals surface area contributed by atoms with E-state index in [9.17, 15) is 9.59 Å². The van der Waals surface area contributed by atoms with Gasteiger partial charge in [0.05, 0.1) is 0 Å². The van der Waals surface area contributed by atoms with Crippen molar-refractivity contribution in [2.75, 3.05) is 6.61 Å². The highest BCUT2D eigenvalue weighted by molar-refractivity contribution is 5.84. The topological polar surface area (TPSA) is 75.6 Å². The molecule has 1 unspecified atom stereocenters. The van der Waals surface area contributed by atoms with Crippen molar-refractivity contribution in [1.29, 1.82) is 0 Å². The molecule has 1 aromatic rings. The first-order chi connectivity index (χ1) is 9.61. The van der Waals surface area contributed by atoms with Crippen LogP contribution >= 0.6 is 0 Å². The van der Waals surface area contributed by atoms with Crippen molar-refractivity contribution in [1.82, 2.24) is 5.32 Å². The zero-order valence-corrected chi connectivity index (χ0v) is 13.2. The Morgan fingerprint density at radius 1 is 1.29 bits per heavy atom. The quantitative estimate of drug-likeness (QED) is 0.873. The van der Waals surface area contributed by atoms with Gasteiger partial charge in [-0.1, -0.05) is 38.5 Å². The third-order valence-corrected chi connectivity index (χ3v) is 3.11. The van der Waals surface area contributed by atoms with Gasteiger partial charge in [0.2, 0.25) is 0 Å². The molecule has 0 aliphatic rings. The van der Waals surface area contributed by atoms with Crippen LogP contribution < -0.4 is 10.1 Å². The van der Waals surface area contributed by atoms with Gasteiger partial charge in [-0.05, 0) is 30.9 Å². The molecule has 0 fully saturated rings. The van der Waals surface area contributed by atoms with Crippen molar-refractivity contribution < 1.29 is 19.4 Å². The molecule has 21 heavy (non-hydrogen) atoms. The van der Waals surface area contributed by atoms with E-state index in [1.165, 1.54) is 0 Å². The van der Waals surface area contributed by atoms with Crippen molar-refractivity contribution in [3.8, 4) is 5.75 Å². The van der Waals surface area contributed by atoms with Gasteiger partial charge < -0.3 is 15.2 Å². The molecule has 1 atom stereocenters. The first-order valence-electron chi connectivity index (χ1n) is 6.83. The number of carbonyl (C=O) groups is 2. The molecule has 1 rings (SSSR count). The van der Waals surface area contributed by atoms with Gasteiger partial charge in [0.1, 0.15) is 11.8 Å². The molecule has 0 saturated carbocycles. The van der Waals surface area contributed by atoms with E-state index in [0.29, 0.717) is 5.75 Å². The maximum atomic E-state index is 11.9. The van der Waals surface area contributed by atoms with Gasteiger partial charge in [-0.25, -0.2) is 4.79 Å². The predicted molar refractivity (Wildman–Crippen MR) is 80.4 cm³/mol. The number of rotatable bonds is 5. The van der Waals surface area contributed by atoms with Crippen molar-refractivity contribution in [3.05, 3.63) is 29.3 Å². The summed E-state index contributed by atoms with van der Waals surface area (Å²) in [4.78, 5) is 23.0. The van der Waals surface area contributed by atoms with Crippen molar-refractivity contribution in [2.24, 2.45) is 5.41 Å². The van der Waals surface area contributed by atoms with Gasteiger partial charge in [-0.15, -0.1) is 0 Å². The molecule has 0 aliphatic heterocycles. The summed E-state index contributed by atoms with van der Waals surface area (Å²) in [7, 11) is 0. The summed E-state index contributed by atoms with van der Waals surface area (Å²) in [6.07, 6.45) is 0. The SMILES string of the molecule is Cc1ccc(OCC(=O)NC(C(=O)O)C(C)(C)C)c(C)c1. The molecule has 2 N–H and O–H groups in total. The first kappa shape index (κ1) is 17.0. The molecule has 1 amide bonds. The molecule has 0 aromatic heterocycles. The molecule has 1 aromatic carbocycles. The van der Waals surface area contributed by atoms with Crippen LogP contribution in [0.5, 0.6) is 5.75 Å². The molecule has 0 aliphatic carbocycles. The summed E-state index contributed by atoms with van der Waals surface area (Å²) in [6, 6.07) is 4.71. The molecule has 5 heteroatoms. The zero-order valence-electron chi connectivity index (χ0n) is 13.2. The molecule has 0 heterocycles. The van der Waals surface area contributed by atoms with Gasteiger partial charge in [0.15, 0.2) is 6.61 Å². The highest BCUT2D eigenvalue weighted by Crippen LogP contribution is 2.20. The number of carbonyl (C=O) groups excluding carboxylic acids is 1. The van der Waals surface area contributed by atoms with Gasteiger partial charge in [0, 0.05) is 0 Å². The van der Waals surface area contributed by atoms with Crippen LogP contribution in [-0.4, -0.2) is 29.6 Å². The third kappa shape index (κ3) is 5.10. The standard InChI is InChI=1S/C16H23NO4/c1-10-6-7-12(11(2)8-10)21-9-13(18)17-14(15(19)20)16(3,4)5/h6-8,14H,9H2,1-5H3,(H,17,18)(H,19,20). The minimum Gasteiger partial charge on any atom is -0.484 e. The fourth-order valence-corrected chi connectivity index (χ4v) is 1.96. The van der Waals surface area contributed by atoms with E-state index in [2.05, 4.69) is 5.32 Å². The molecule has 0 saturated heterocycles. The van der Waals surface area contributed by atoms with Gasteiger partial charge >= 0.3 is 5.97 Å². The Balaban J connectivity index is 2.63. The smallest absolute Gasteiger partial charge is 0.326 e. The largest absolute Gasteiger partial charge is 0.484 e. The van der Waals surface area contributed by atoms with E-state index in [0.717, 1.165) is 11.1 Å². The fourth-order valence-electron chi connectivity index (χ4n) is 1.96. The summed E-state index contributed by atoms with van der Waals surface area (Å²) in [5.74, 6) is -0.877. The third-order valence-electron chi connectivity index (χ3n) is 3.11. The number of benzene rings is 1. The lowest BCUT2D eigenvalue weighted by Gasteiger charge is -2.27. The molecule has 0 bridgehead atoms. The summed E-state index contributed by atoms with van der Waals surface area (Å²) in [5, 5.41) is 11.7. The summed E-state index contributed by atoms with van der Waals surface area (Å²) in [6.45, 7) is 8.95. The van der Waals surface area contributed by atoms with Crippen molar-refractivity contribution >= 4 is 11.9 Å². The number of ether oxygens (including phenoxy) is 1. The lowest BCUT2D eigenvalue weighted by atomic mass is 9.87. The number of nitrogens with one attached hydrogen (secondary N) is 1. The maximum Gasteiger partial charge on any atom is 0.326 e. The summed E-state index contributed by atoms with van der Waals surface area (Å²) in [5.41, 5.74) is 1.48.